The Morgan fingerprint density at radius 1 is 1.23 bits per heavy atom. The molecule has 13 heavy (non-hydrogen) atoms. The van der Waals surface area contributed by atoms with E-state index in [-0.39, 0.29) is 17.3 Å². The second-order valence-electron chi connectivity index (χ2n) is 2.31. The van der Waals surface area contributed by atoms with Crippen LogP contribution in [0.15, 0.2) is 0 Å². The molecule has 1 saturated heterocycles. The summed E-state index contributed by atoms with van der Waals surface area (Å²) in [5, 5.41) is 0. The summed E-state index contributed by atoms with van der Waals surface area (Å²) in [6, 6.07) is 0. The molecule has 2 amide bonds. The fourth-order valence-electron chi connectivity index (χ4n) is 0.549. The first-order chi connectivity index (χ1) is 5.45. The van der Waals surface area contributed by atoms with E-state index in [9.17, 15) is 13.8 Å². The molecule has 0 spiro atoms. The Hall–Kier alpha value is -0.270. The van der Waals surface area contributed by atoms with Gasteiger partial charge < -0.3 is 5.48 Å². The Balaban J connectivity index is 0. The van der Waals surface area contributed by atoms with Crippen molar-refractivity contribution in [3.05, 3.63) is 0 Å². The SMILES string of the molecule is CS(C)=O.O.O=C1CCC(=O)N1Br. The third-order valence-electron chi connectivity index (χ3n) is 0.991. The van der Waals surface area contributed by atoms with Gasteiger partial charge in [0.2, 0.25) is 11.8 Å². The molecule has 0 unspecified atom stereocenters. The Labute approximate surface area is 87.6 Å². The largest absolute Gasteiger partial charge is 0.412 e. The highest BCUT2D eigenvalue weighted by Gasteiger charge is 2.26. The third-order valence-corrected chi connectivity index (χ3v) is 1.78. The van der Waals surface area contributed by atoms with Gasteiger partial charge in [0, 0.05) is 36.2 Å². The van der Waals surface area contributed by atoms with E-state index in [0.29, 0.717) is 12.8 Å². The van der Waals surface area contributed by atoms with Crippen LogP contribution in [0.5, 0.6) is 0 Å². The van der Waals surface area contributed by atoms with Gasteiger partial charge in [0.1, 0.15) is 0 Å². The normalized spacial score (nSPS) is 15.2. The van der Waals surface area contributed by atoms with Crippen molar-refractivity contribution in [3.8, 4) is 0 Å². The van der Waals surface area contributed by atoms with Gasteiger partial charge in [0.25, 0.3) is 0 Å². The van der Waals surface area contributed by atoms with E-state index in [1.54, 1.807) is 12.5 Å². The molecule has 0 atom stereocenters. The van der Waals surface area contributed by atoms with E-state index in [4.69, 9.17) is 0 Å². The van der Waals surface area contributed by atoms with E-state index >= 15 is 0 Å². The van der Waals surface area contributed by atoms with E-state index in [1.165, 1.54) is 0 Å². The summed E-state index contributed by atoms with van der Waals surface area (Å²) in [7, 11) is -0.611. The van der Waals surface area contributed by atoms with Crippen molar-refractivity contribution in [3.63, 3.8) is 0 Å². The number of imide groups is 1. The first kappa shape index (κ1) is 15.2. The van der Waals surface area contributed by atoms with Crippen LogP contribution in [-0.2, 0) is 20.4 Å². The fraction of sp³-hybridized carbons (Fsp3) is 0.667. The minimum Gasteiger partial charge on any atom is -0.412 e. The molecule has 1 fully saturated rings. The number of halogens is 1. The molecule has 2 N–H and O–H groups in total. The molecule has 1 aliphatic rings. The number of rotatable bonds is 0. The van der Waals surface area contributed by atoms with Crippen molar-refractivity contribution in [1.82, 2.24) is 3.93 Å². The van der Waals surface area contributed by atoms with Crippen molar-refractivity contribution in [2.24, 2.45) is 0 Å². The molecule has 0 radical (unpaired) electrons. The smallest absolute Gasteiger partial charge is 0.239 e. The van der Waals surface area contributed by atoms with Crippen LogP contribution in [0.25, 0.3) is 0 Å². The summed E-state index contributed by atoms with van der Waals surface area (Å²) >= 11 is 2.80. The molecule has 78 valence electrons. The Kier molecular flexibility index (Phi) is 8.38. The lowest BCUT2D eigenvalue weighted by molar-refractivity contribution is -0.131. The number of hydrogen-bond acceptors (Lipinski definition) is 3. The van der Waals surface area contributed by atoms with Gasteiger partial charge in [-0.05, 0) is 0 Å². The summed E-state index contributed by atoms with van der Waals surface area (Å²) in [6.07, 6.45) is 3.98. The predicted octanol–water partition coefficient (Wildman–Crippen LogP) is -0.385. The Bertz CT molecular complexity index is 201. The van der Waals surface area contributed by atoms with Crippen LogP contribution in [0.2, 0.25) is 0 Å². The number of amides is 2. The zero-order valence-electron chi connectivity index (χ0n) is 7.37. The molecule has 0 saturated carbocycles. The van der Waals surface area contributed by atoms with Crippen LogP contribution in [-0.4, -0.2) is 37.9 Å². The van der Waals surface area contributed by atoms with Crippen molar-refractivity contribution in [1.29, 1.82) is 0 Å². The molecular weight excluding hydrogens is 262 g/mol. The lowest BCUT2D eigenvalue weighted by Crippen LogP contribution is -2.16. The minimum absolute atomic E-state index is 0. The highest BCUT2D eigenvalue weighted by atomic mass is 79.9. The van der Waals surface area contributed by atoms with Crippen molar-refractivity contribution < 1.29 is 19.3 Å². The zero-order chi connectivity index (χ0) is 9.72. The topological polar surface area (TPSA) is 86.0 Å². The van der Waals surface area contributed by atoms with E-state index in [1.807, 2.05) is 0 Å². The lowest BCUT2D eigenvalue weighted by atomic mass is 10.4. The maximum absolute atomic E-state index is 10.4. The number of nitrogens with zero attached hydrogens (tertiary/aromatic N) is 1. The lowest BCUT2D eigenvalue weighted by Gasteiger charge is -1.97. The molecule has 1 heterocycles. The summed E-state index contributed by atoms with van der Waals surface area (Å²) in [6.45, 7) is 0. The molecule has 1 rings (SSSR count). The maximum Gasteiger partial charge on any atom is 0.239 e. The van der Waals surface area contributed by atoms with Gasteiger partial charge in [-0.25, -0.2) is 3.93 Å². The number of carbonyl (C=O) groups excluding carboxylic acids is 2. The second kappa shape index (κ2) is 7.16. The van der Waals surface area contributed by atoms with Crippen LogP contribution < -0.4 is 0 Å². The van der Waals surface area contributed by atoms with Gasteiger partial charge in [-0.15, -0.1) is 0 Å². The van der Waals surface area contributed by atoms with Crippen LogP contribution in [0, 0.1) is 0 Å². The molecule has 0 aliphatic carbocycles. The zero-order valence-corrected chi connectivity index (χ0v) is 9.77. The van der Waals surface area contributed by atoms with Crippen molar-refractivity contribution >= 4 is 38.8 Å². The van der Waals surface area contributed by atoms with E-state index < -0.39 is 10.8 Å². The molecule has 1 aliphatic heterocycles. The molecule has 5 nitrogen and oxygen atoms in total. The van der Waals surface area contributed by atoms with Gasteiger partial charge >= 0.3 is 0 Å². The monoisotopic (exact) mass is 273 g/mol. The summed E-state index contributed by atoms with van der Waals surface area (Å²) in [5.41, 5.74) is 0. The minimum atomic E-state index is -0.611. The summed E-state index contributed by atoms with van der Waals surface area (Å²) in [4.78, 5) is 20.9. The predicted molar refractivity (Wildman–Crippen MR) is 53.6 cm³/mol. The van der Waals surface area contributed by atoms with Gasteiger partial charge in [0.05, 0.1) is 16.1 Å². The third kappa shape index (κ3) is 6.85. The highest BCUT2D eigenvalue weighted by Crippen LogP contribution is 2.14. The molecule has 0 aromatic heterocycles. The van der Waals surface area contributed by atoms with Gasteiger partial charge in [-0.2, -0.15) is 0 Å². The number of carbonyl (C=O) groups is 2. The second-order valence-corrected chi connectivity index (χ2v) is 4.50. The van der Waals surface area contributed by atoms with E-state index in [0.717, 1.165) is 3.93 Å². The first-order valence-corrected chi connectivity index (χ1v) is 5.89. The van der Waals surface area contributed by atoms with Gasteiger partial charge in [0.15, 0.2) is 0 Å². The molecule has 7 heteroatoms. The van der Waals surface area contributed by atoms with Gasteiger partial charge in [-0.3, -0.25) is 13.8 Å². The fourth-order valence-corrected chi connectivity index (χ4v) is 0.904. The molecule has 0 aromatic carbocycles. The van der Waals surface area contributed by atoms with Gasteiger partial charge in [-0.1, -0.05) is 0 Å². The average molecular weight is 274 g/mol. The summed E-state index contributed by atoms with van der Waals surface area (Å²) < 4.78 is 10.5. The van der Waals surface area contributed by atoms with Crippen molar-refractivity contribution in [2.75, 3.05) is 12.5 Å². The summed E-state index contributed by atoms with van der Waals surface area (Å²) in [5.74, 6) is -0.287. The molecule has 0 aromatic rings. The maximum atomic E-state index is 10.4. The average Bonchev–Trinajstić information content (AvgIpc) is 2.19. The van der Waals surface area contributed by atoms with E-state index in [2.05, 4.69) is 16.1 Å². The number of hydrogen-bond donors (Lipinski definition) is 0. The quantitative estimate of drug-likeness (QED) is 0.445. The van der Waals surface area contributed by atoms with Crippen LogP contribution >= 0.6 is 16.1 Å². The highest BCUT2D eigenvalue weighted by molar-refractivity contribution is 9.08. The Morgan fingerprint density at radius 3 is 1.54 bits per heavy atom. The van der Waals surface area contributed by atoms with Crippen LogP contribution in [0.1, 0.15) is 12.8 Å². The first-order valence-electron chi connectivity index (χ1n) is 3.21. The molecule has 0 bridgehead atoms. The van der Waals surface area contributed by atoms with Crippen molar-refractivity contribution in [2.45, 2.75) is 12.8 Å². The molecular formula is C6H12BrNO4S. The standard InChI is InChI=1S/C4H4BrNO2.C2H6OS.H2O/c5-6-3(7)1-2-4(6)8;1-4(2)3;/h1-2H2;1-2H3;1H2. The van der Waals surface area contributed by atoms with Crippen LogP contribution in [0.4, 0.5) is 0 Å². The Morgan fingerprint density at radius 2 is 1.46 bits per heavy atom. The van der Waals surface area contributed by atoms with Crippen LogP contribution in [0.3, 0.4) is 0 Å².